The second-order valence-electron chi connectivity index (χ2n) is 10.6. The molecular formula is C31H38N2O3. The van der Waals surface area contributed by atoms with Crippen molar-refractivity contribution in [3.05, 3.63) is 70.9 Å². The molecule has 1 atom stereocenters. The summed E-state index contributed by atoms with van der Waals surface area (Å²) in [6.45, 7) is 11.2. The molecule has 0 spiro atoms. The van der Waals surface area contributed by atoms with Gasteiger partial charge in [0.15, 0.2) is 5.78 Å². The minimum absolute atomic E-state index is 0.0365. The molecule has 0 saturated carbocycles. The van der Waals surface area contributed by atoms with E-state index in [1.165, 1.54) is 0 Å². The molecule has 5 heteroatoms. The van der Waals surface area contributed by atoms with Gasteiger partial charge in [-0.3, -0.25) is 4.79 Å². The van der Waals surface area contributed by atoms with Gasteiger partial charge in [0.25, 0.3) is 0 Å². The maximum atomic E-state index is 13.4. The highest BCUT2D eigenvalue weighted by Crippen LogP contribution is 2.33. The standard InChI is InChI=1S/C31H38N2O3/c1-6-8-9-22(7-2)21-36-30(35)26-14-15-28-25(18-26)16-17-33(28)20-27(29(34)31(3,4)5)24-12-10-23(19-32)11-13-24/h10-15,18,20,22H,6-9,16-17,21H2,1-5H3/b27-20+. The molecule has 0 bridgehead atoms. The molecule has 1 aliphatic rings. The Labute approximate surface area is 215 Å². The molecule has 0 fully saturated rings. The maximum absolute atomic E-state index is 13.4. The Kier molecular flexibility index (Phi) is 9.09. The molecule has 190 valence electrons. The van der Waals surface area contributed by atoms with Gasteiger partial charge in [-0.15, -0.1) is 0 Å². The number of ketones is 1. The molecule has 1 heterocycles. The van der Waals surface area contributed by atoms with Crippen LogP contribution < -0.4 is 4.90 Å². The van der Waals surface area contributed by atoms with Crippen molar-refractivity contribution < 1.29 is 14.3 Å². The van der Waals surface area contributed by atoms with Gasteiger partial charge in [-0.2, -0.15) is 5.26 Å². The molecule has 3 rings (SSSR count). The molecule has 2 aromatic rings. The van der Waals surface area contributed by atoms with Crippen LogP contribution in [0, 0.1) is 22.7 Å². The number of Topliss-reactive ketones (excluding diaryl/α,β-unsaturated/α-hetero) is 1. The van der Waals surface area contributed by atoms with Crippen molar-refractivity contribution in [2.45, 2.75) is 66.7 Å². The van der Waals surface area contributed by atoms with Gasteiger partial charge in [-0.05, 0) is 60.2 Å². The zero-order valence-electron chi connectivity index (χ0n) is 22.3. The van der Waals surface area contributed by atoms with Crippen LogP contribution in [0.25, 0.3) is 5.57 Å². The van der Waals surface area contributed by atoms with Gasteiger partial charge >= 0.3 is 5.97 Å². The third kappa shape index (κ3) is 6.63. The summed E-state index contributed by atoms with van der Waals surface area (Å²) in [6.07, 6.45) is 7.09. The van der Waals surface area contributed by atoms with Crippen LogP contribution in [-0.4, -0.2) is 24.9 Å². The van der Waals surface area contributed by atoms with Crippen LogP contribution in [0.2, 0.25) is 0 Å². The second kappa shape index (κ2) is 12.0. The van der Waals surface area contributed by atoms with E-state index in [0.717, 1.165) is 55.5 Å². The van der Waals surface area contributed by atoms with E-state index in [0.29, 0.717) is 29.2 Å². The summed E-state index contributed by atoms with van der Waals surface area (Å²) in [7, 11) is 0. The minimum atomic E-state index is -0.552. The van der Waals surface area contributed by atoms with E-state index in [9.17, 15) is 9.59 Å². The van der Waals surface area contributed by atoms with Gasteiger partial charge in [-0.25, -0.2) is 4.79 Å². The Morgan fingerprint density at radius 3 is 2.42 bits per heavy atom. The second-order valence-corrected chi connectivity index (χ2v) is 10.6. The van der Waals surface area contributed by atoms with Crippen molar-refractivity contribution in [3.63, 3.8) is 0 Å². The summed E-state index contributed by atoms with van der Waals surface area (Å²) in [6, 6.07) is 14.9. The van der Waals surface area contributed by atoms with Crippen LogP contribution >= 0.6 is 0 Å². The zero-order valence-corrected chi connectivity index (χ0v) is 22.3. The molecule has 1 unspecified atom stereocenters. The number of ether oxygens (including phenoxy) is 1. The van der Waals surface area contributed by atoms with Gasteiger partial charge < -0.3 is 9.64 Å². The molecule has 0 radical (unpaired) electrons. The quantitative estimate of drug-likeness (QED) is 0.268. The van der Waals surface area contributed by atoms with E-state index >= 15 is 0 Å². The molecule has 2 aromatic carbocycles. The van der Waals surface area contributed by atoms with E-state index in [4.69, 9.17) is 10.00 Å². The van der Waals surface area contributed by atoms with Crippen molar-refractivity contribution in [3.8, 4) is 6.07 Å². The Bertz CT molecular complexity index is 1150. The number of rotatable bonds is 10. The maximum Gasteiger partial charge on any atom is 0.338 e. The lowest BCUT2D eigenvalue weighted by atomic mass is 9.84. The molecule has 0 aromatic heterocycles. The first-order chi connectivity index (χ1) is 17.2. The van der Waals surface area contributed by atoms with Crippen molar-refractivity contribution in [2.75, 3.05) is 18.1 Å². The summed E-state index contributed by atoms with van der Waals surface area (Å²) in [5, 5.41) is 9.14. The first-order valence-corrected chi connectivity index (χ1v) is 13.0. The average Bonchev–Trinajstić information content (AvgIpc) is 3.28. The third-order valence-electron chi connectivity index (χ3n) is 6.78. The first-order valence-electron chi connectivity index (χ1n) is 13.0. The predicted molar refractivity (Wildman–Crippen MR) is 145 cm³/mol. The van der Waals surface area contributed by atoms with Gasteiger partial charge in [0, 0.05) is 29.4 Å². The van der Waals surface area contributed by atoms with Crippen LogP contribution in [0.5, 0.6) is 0 Å². The SMILES string of the molecule is CCCCC(CC)COC(=O)c1ccc2c(c1)CCN2/C=C(/C(=O)C(C)(C)C)c1ccc(C#N)cc1. The largest absolute Gasteiger partial charge is 0.462 e. The number of fused-ring (bicyclic) bond motifs is 1. The minimum Gasteiger partial charge on any atom is -0.462 e. The van der Waals surface area contributed by atoms with Gasteiger partial charge in [0.2, 0.25) is 0 Å². The summed E-state index contributed by atoms with van der Waals surface area (Å²) >= 11 is 0. The number of anilines is 1. The Hall–Kier alpha value is -3.39. The predicted octanol–water partition coefficient (Wildman–Crippen LogP) is 6.95. The molecule has 5 nitrogen and oxygen atoms in total. The van der Waals surface area contributed by atoms with E-state index in [1.54, 1.807) is 12.1 Å². The van der Waals surface area contributed by atoms with E-state index in [2.05, 4.69) is 24.8 Å². The van der Waals surface area contributed by atoms with Gasteiger partial charge in [-0.1, -0.05) is 66.0 Å². The summed E-state index contributed by atoms with van der Waals surface area (Å²) in [5.41, 5.74) is 4.04. The van der Waals surface area contributed by atoms with Crippen LogP contribution in [0.4, 0.5) is 5.69 Å². The number of nitrogens with zero attached hydrogens (tertiary/aromatic N) is 2. The topological polar surface area (TPSA) is 70.4 Å². The summed E-state index contributed by atoms with van der Waals surface area (Å²) in [5.74, 6) is 0.169. The number of unbranched alkanes of at least 4 members (excludes halogenated alkanes) is 1. The fourth-order valence-electron chi connectivity index (χ4n) is 4.41. The number of carbonyl (C=O) groups excluding carboxylic acids is 2. The highest BCUT2D eigenvalue weighted by atomic mass is 16.5. The van der Waals surface area contributed by atoms with E-state index in [-0.39, 0.29) is 11.8 Å². The molecule has 0 saturated heterocycles. The Morgan fingerprint density at radius 1 is 1.11 bits per heavy atom. The number of carbonyl (C=O) groups is 2. The Morgan fingerprint density at radius 2 is 1.81 bits per heavy atom. The van der Waals surface area contributed by atoms with Crippen molar-refractivity contribution in [1.29, 1.82) is 5.26 Å². The summed E-state index contributed by atoms with van der Waals surface area (Å²) in [4.78, 5) is 28.2. The van der Waals surface area contributed by atoms with E-state index < -0.39 is 5.41 Å². The zero-order chi connectivity index (χ0) is 26.3. The molecule has 36 heavy (non-hydrogen) atoms. The lowest BCUT2D eigenvalue weighted by Gasteiger charge is -2.22. The summed E-state index contributed by atoms with van der Waals surface area (Å²) < 4.78 is 5.64. The number of allylic oxidation sites excluding steroid dienone is 1. The fourth-order valence-corrected chi connectivity index (χ4v) is 4.41. The fraction of sp³-hybridized carbons (Fsp3) is 0.452. The van der Waals surface area contributed by atoms with E-state index in [1.807, 2.05) is 57.3 Å². The average molecular weight is 487 g/mol. The number of hydrogen-bond donors (Lipinski definition) is 0. The van der Waals surface area contributed by atoms with Crippen LogP contribution in [-0.2, 0) is 16.0 Å². The lowest BCUT2D eigenvalue weighted by molar-refractivity contribution is -0.120. The first kappa shape index (κ1) is 27.2. The number of benzene rings is 2. The molecular weight excluding hydrogens is 448 g/mol. The number of nitriles is 1. The normalized spacial score (nSPS) is 14.2. The number of hydrogen-bond acceptors (Lipinski definition) is 5. The van der Waals surface area contributed by atoms with Crippen LogP contribution in [0.3, 0.4) is 0 Å². The highest BCUT2D eigenvalue weighted by Gasteiger charge is 2.28. The third-order valence-corrected chi connectivity index (χ3v) is 6.78. The lowest BCUT2D eigenvalue weighted by Crippen LogP contribution is -2.24. The van der Waals surface area contributed by atoms with Gasteiger partial charge in [0.1, 0.15) is 0 Å². The number of esters is 1. The van der Waals surface area contributed by atoms with Crippen molar-refractivity contribution in [1.82, 2.24) is 0 Å². The molecule has 1 aliphatic heterocycles. The van der Waals surface area contributed by atoms with Crippen molar-refractivity contribution in [2.24, 2.45) is 11.3 Å². The molecule has 0 N–H and O–H groups in total. The van der Waals surface area contributed by atoms with Gasteiger partial charge in [0.05, 0.1) is 23.8 Å². The molecule has 0 amide bonds. The van der Waals surface area contributed by atoms with Crippen molar-refractivity contribution >= 4 is 23.0 Å². The molecule has 0 aliphatic carbocycles. The van der Waals surface area contributed by atoms with Crippen LogP contribution in [0.15, 0.2) is 48.7 Å². The smallest absolute Gasteiger partial charge is 0.338 e. The van der Waals surface area contributed by atoms with Crippen LogP contribution in [0.1, 0.15) is 87.4 Å². The highest BCUT2D eigenvalue weighted by molar-refractivity contribution is 6.23. The monoisotopic (exact) mass is 486 g/mol. The Balaban J connectivity index is 1.82.